The van der Waals surface area contributed by atoms with Gasteiger partial charge in [0.2, 0.25) is 5.91 Å². The van der Waals surface area contributed by atoms with Gasteiger partial charge in [-0.1, -0.05) is 29.8 Å². The SMILES string of the molecule is CC(NC(=O)c1cccc([N+](=O)[O-])c1)C(=O)N(C)Cc1cccc(Cl)c1. The molecule has 2 rings (SSSR count). The molecule has 8 heteroatoms. The van der Waals surface area contributed by atoms with Crippen molar-refractivity contribution >= 4 is 29.1 Å². The van der Waals surface area contributed by atoms with Crippen LogP contribution >= 0.6 is 11.6 Å². The van der Waals surface area contributed by atoms with E-state index in [0.29, 0.717) is 11.6 Å². The van der Waals surface area contributed by atoms with Gasteiger partial charge in [-0.25, -0.2) is 0 Å². The van der Waals surface area contributed by atoms with Gasteiger partial charge in [0.05, 0.1) is 4.92 Å². The molecule has 0 spiro atoms. The molecule has 2 aromatic rings. The molecule has 0 aromatic heterocycles. The zero-order valence-electron chi connectivity index (χ0n) is 14.3. The average molecular weight is 376 g/mol. The number of halogens is 1. The summed E-state index contributed by atoms with van der Waals surface area (Å²) in [4.78, 5) is 36.4. The van der Waals surface area contributed by atoms with Crippen LogP contribution in [0.2, 0.25) is 5.02 Å². The highest BCUT2D eigenvalue weighted by molar-refractivity contribution is 6.30. The Morgan fingerprint density at radius 2 is 1.92 bits per heavy atom. The summed E-state index contributed by atoms with van der Waals surface area (Å²) < 4.78 is 0. The summed E-state index contributed by atoms with van der Waals surface area (Å²) in [7, 11) is 1.62. The van der Waals surface area contributed by atoms with Gasteiger partial charge >= 0.3 is 0 Å². The summed E-state index contributed by atoms with van der Waals surface area (Å²) in [5.74, 6) is -0.838. The van der Waals surface area contributed by atoms with E-state index in [-0.39, 0.29) is 17.2 Å². The van der Waals surface area contributed by atoms with E-state index < -0.39 is 16.9 Å². The molecule has 26 heavy (non-hydrogen) atoms. The van der Waals surface area contributed by atoms with Gasteiger partial charge in [-0.15, -0.1) is 0 Å². The summed E-state index contributed by atoms with van der Waals surface area (Å²) in [5, 5.41) is 13.9. The molecule has 0 bridgehead atoms. The van der Waals surface area contributed by atoms with Crippen molar-refractivity contribution in [1.29, 1.82) is 0 Å². The minimum atomic E-state index is -0.786. The molecule has 2 amide bonds. The highest BCUT2D eigenvalue weighted by atomic mass is 35.5. The summed E-state index contributed by atoms with van der Waals surface area (Å²) in [6.07, 6.45) is 0. The highest BCUT2D eigenvalue weighted by Crippen LogP contribution is 2.14. The van der Waals surface area contributed by atoms with Gasteiger partial charge in [-0.3, -0.25) is 19.7 Å². The summed E-state index contributed by atoms with van der Waals surface area (Å²) in [6.45, 7) is 1.91. The molecule has 1 atom stereocenters. The number of hydrogen-bond donors (Lipinski definition) is 1. The fraction of sp³-hybridized carbons (Fsp3) is 0.222. The van der Waals surface area contributed by atoms with Gasteiger partial charge in [-0.05, 0) is 30.7 Å². The van der Waals surface area contributed by atoms with Gasteiger partial charge in [0.1, 0.15) is 6.04 Å². The van der Waals surface area contributed by atoms with E-state index in [9.17, 15) is 19.7 Å². The van der Waals surface area contributed by atoms with Crippen LogP contribution in [-0.4, -0.2) is 34.7 Å². The van der Waals surface area contributed by atoms with Crippen LogP contribution < -0.4 is 5.32 Å². The summed E-state index contributed by atoms with van der Waals surface area (Å²) in [5.41, 5.74) is 0.802. The molecule has 136 valence electrons. The molecule has 7 nitrogen and oxygen atoms in total. The number of benzene rings is 2. The lowest BCUT2D eigenvalue weighted by atomic mass is 10.1. The third kappa shape index (κ3) is 5.03. The van der Waals surface area contributed by atoms with Crippen molar-refractivity contribution in [2.75, 3.05) is 7.05 Å². The maximum atomic E-state index is 12.4. The lowest BCUT2D eigenvalue weighted by Gasteiger charge is -2.22. The van der Waals surface area contributed by atoms with E-state index in [0.717, 1.165) is 5.56 Å². The van der Waals surface area contributed by atoms with Gasteiger partial charge < -0.3 is 10.2 Å². The van der Waals surface area contributed by atoms with Crippen LogP contribution in [-0.2, 0) is 11.3 Å². The van der Waals surface area contributed by atoms with Crippen LogP contribution in [0, 0.1) is 10.1 Å². The molecule has 0 aliphatic carbocycles. The Bertz CT molecular complexity index is 841. The van der Waals surface area contributed by atoms with Crippen LogP contribution in [0.4, 0.5) is 5.69 Å². The Hall–Kier alpha value is -2.93. The monoisotopic (exact) mass is 375 g/mol. The molecule has 0 saturated carbocycles. The molecular weight excluding hydrogens is 358 g/mol. The molecule has 1 unspecified atom stereocenters. The Balaban J connectivity index is 2.00. The Labute approximate surface area is 155 Å². The number of carbonyl (C=O) groups is 2. The zero-order chi connectivity index (χ0) is 19.3. The third-order valence-corrected chi connectivity index (χ3v) is 3.96. The summed E-state index contributed by atoms with van der Waals surface area (Å²) >= 11 is 5.93. The second kappa shape index (κ2) is 8.44. The first-order chi connectivity index (χ1) is 12.3. The second-order valence-corrected chi connectivity index (χ2v) is 6.26. The van der Waals surface area contributed by atoms with Gasteiger partial charge in [0.25, 0.3) is 11.6 Å². The van der Waals surface area contributed by atoms with E-state index in [2.05, 4.69) is 5.32 Å². The van der Waals surface area contributed by atoms with Gasteiger partial charge in [0.15, 0.2) is 0 Å². The Morgan fingerprint density at radius 3 is 2.58 bits per heavy atom. The molecular formula is C18H18ClN3O4. The second-order valence-electron chi connectivity index (χ2n) is 5.83. The van der Waals surface area contributed by atoms with Crippen molar-refractivity contribution < 1.29 is 14.5 Å². The number of amides is 2. The number of nitro benzene ring substituents is 1. The number of rotatable bonds is 6. The first kappa shape index (κ1) is 19.4. The van der Waals surface area contributed by atoms with E-state index in [1.54, 1.807) is 32.2 Å². The molecule has 0 radical (unpaired) electrons. The molecule has 2 aromatic carbocycles. The number of hydrogen-bond acceptors (Lipinski definition) is 4. The molecule has 1 N–H and O–H groups in total. The molecule has 0 saturated heterocycles. The molecule has 0 aliphatic heterocycles. The zero-order valence-corrected chi connectivity index (χ0v) is 15.1. The van der Waals surface area contributed by atoms with E-state index >= 15 is 0 Å². The topological polar surface area (TPSA) is 92.5 Å². The minimum absolute atomic E-state index is 0.122. The quantitative estimate of drug-likeness (QED) is 0.620. The predicted molar refractivity (Wildman–Crippen MR) is 98.0 cm³/mol. The van der Waals surface area contributed by atoms with Crippen LogP contribution in [0.3, 0.4) is 0 Å². The maximum absolute atomic E-state index is 12.4. The van der Waals surface area contributed by atoms with Crippen molar-refractivity contribution in [3.8, 4) is 0 Å². The minimum Gasteiger partial charge on any atom is -0.341 e. The molecule has 0 fully saturated rings. The number of nitrogens with one attached hydrogen (secondary N) is 1. The van der Waals surface area contributed by atoms with E-state index in [1.807, 2.05) is 6.07 Å². The number of nitro groups is 1. The fourth-order valence-corrected chi connectivity index (χ4v) is 2.63. The number of likely N-dealkylation sites (N-methyl/N-ethyl adjacent to an activating group) is 1. The molecule has 0 aliphatic rings. The highest BCUT2D eigenvalue weighted by Gasteiger charge is 2.21. The van der Waals surface area contributed by atoms with Gasteiger partial charge in [-0.2, -0.15) is 0 Å². The van der Waals surface area contributed by atoms with Crippen LogP contribution in [0.5, 0.6) is 0 Å². The van der Waals surface area contributed by atoms with Crippen LogP contribution in [0.15, 0.2) is 48.5 Å². The average Bonchev–Trinajstić information content (AvgIpc) is 2.61. The van der Waals surface area contributed by atoms with Crippen molar-refractivity contribution in [3.63, 3.8) is 0 Å². The maximum Gasteiger partial charge on any atom is 0.270 e. The molecule has 0 heterocycles. The standard InChI is InChI=1S/C18H18ClN3O4/c1-12(18(24)21(2)11-13-5-3-7-15(19)9-13)20-17(23)14-6-4-8-16(10-14)22(25)26/h3-10,12H,11H2,1-2H3,(H,20,23). The van der Waals surface area contributed by atoms with Crippen LogP contribution in [0.25, 0.3) is 0 Å². The lowest BCUT2D eigenvalue weighted by molar-refractivity contribution is -0.384. The number of non-ortho nitro benzene ring substituents is 1. The lowest BCUT2D eigenvalue weighted by Crippen LogP contribution is -2.45. The first-order valence-electron chi connectivity index (χ1n) is 7.82. The Kier molecular flexibility index (Phi) is 6.30. The van der Waals surface area contributed by atoms with E-state index in [1.165, 1.54) is 29.2 Å². The fourth-order valence-electron chi connectivity index (χ4n) is 2.42. The number of carbonyl (C=O) groups excluding carboxylic acids is 2. The first-order valence-corrected chi connectivity index (χ1v) is 8.20. The third-order valence-electron chi connectivity index (χ3n) is 3.72. The van der Waals surface area contributed by atoms with Crippen molar-refractivity contribution in [2.45, 2.75) is 19.5 Å². The predicted octanol–water partition coefficient (Wildman–Crippen LogP) is 3.03. The summed E-state index contributed by atoms with van der Waals surface area (Å²) in [6, 6.07) is 11.7. The van der Waals surface area contributed by atoms with E-state index in [4.69, 9.17) is 11.6 Å². The smallest absolute Gasteiger partial charge is 0.270 e. The van der Waals surface area contributed by atoms with Crippen molar-refractivity contribution in [3.05, 3.63) is 74.8 Å². The largest absolute Gasteiger partial charge is 0.341 e. The Morgan fingerprint density at radius 1 is 1.23 bits per heavy atom. The number of nitrogens with zero attached hydrogens (tertiary/aromatic N) is 2. The van der Waals surface area contributed by atoms with Crippen molar-refractivity contribution in [2.24, 2.45) is 0 Å². The van der Waals surface area contributed by atoms with Gasteiger partial charge in [0, 0.05) is 36.3 Å². The van der Waals surface area contributed by atoms with Crippen molar-refractivity contribution in [1.82, 2.24) is 10.2 Å². The van der Waals surface area contributed by atoms with Crippen LogP contribution in [0.1, 0.15) is 22.8 Å². The normalized spacial score (nSPS) is 11.5.